The van der Waals surface area contributed by atoms with Gasteiger partial charge in [-0.1, -0.05) is 96.0 Å². The van der Waals surface area contributed by atoms with Crippen molar-refractivity contribution in [3.05, 3.63) is 153 Å². The molecule has 4 aromatic rings. The van der Waals surface area contributed by atoms with Crippen LogP contribution in [0.4, 0.5) is 0 Å². The Morgan fingerprint density at radius 2 is 1.09 bits per heavy atom. The molecule has 1 aliphatic rings. The Hall–Kier alpha value is -3.94. The molecule has 0 spiro atoms. The maximum absolute atomic E-state index is 10.3. The van der Waals surface area contributed by atoms with Crippen molar-refractivity contribution in [2.75, 3.05) is 26.4 Å². The highest BCUT2D eigenvalue weighted by Gasteiger charge is 2.44. The molecule has 0 aromatic heterocycles. The normalized spacial score (nSPS) is 14.8. The number of rotatable bonds is 14. The van der Waals surface area contributed by atoms with E-state index >= 15 is 0 Å². The maximum Gasteiger partial charge on any atom is 0.138 e. The van der Waals surface area contributed by atoms with Crippen molar-refractivity contribution in [1.82, 2.24) is 0 Å². The lowest BCUT2D eigenvalue weighted by Crippen LogP contribution is -2.36. The van der Waals surface area contributed by atoms with Gasteiger partial charge in [0.25, 0.3) is 0 Å². The summed E-state index contributed by atoms with van der Waals surface area (Å²) in [7, 11) is 0. The van der Waals surface area contributed by atoms with Gasteiger partial charge in [-0.15, -0.1) is 0 Å². The van der Waals surface area contributed by atoms with Gasteiger partial charge in [-0.05, 0) is 77.9 Å². The average molecular weight is 662 g/mol. The highest BCUT2D eigenvalue weighted by atomic mass is 35.5. The lowest BCUT2D eigenvalue weighted by Gasteiger charge is -2.42. The molecular weight excluding hydrogens is 623 g/mol. The first-order chi connectivity index (χ1) is 22.4. The fraction of sp³-hybridized carbons (Fsp3) is 0.263. The molecule has 2 atom stereocenters. The Bertz CT molecular complexity index is 1560. The molecule has 0 bridgehead atoms. The molecule has 0 saturated carbocycles. The zero-order chi connectivity index (χ0) is 32.5. The van der Waals surface area contributed by atoms with Gasteiger partial charge >= 0.3 is 0 Å². The fourth-order valence-electron chi connectivity index (χ4n) is 5.92. The van der Waals surface area contributed by atoms with Gasteiger partial charge in [-0.3, -0.25) is 0 Å². The molecule has 240 valence electrons. The van der Waals surface area contributed by atoms with E-state index in [0.717, 1.165) is 28.7 Å². The standard InChI is InChI=1S/C38H38Cl2O6/c1-3-17-43-22-30(41)24-45-36-15-13-28(20-34(36)39)38(32-11-7-5-9-26(32)19-27-10-6-8-12-33(27)38)29-14-16-37(35(40)21-29)46-25-31(42)23-44-18-4-2/h3-18,20-21,30-31,41-42H,19,22-25H2,1-2H3. The lowest BCUT2D eigenvalue weighted by molar-refractivity contribution is 0.0464. The number of ether oxygens (including phenoxy) is 4. The molecule has 6 nitrogen and oxygen atoms in total. The van der Waals surface area contributed by atoms with Gasteiger partial charge in [0.1, 0.15) is 50.1 Å². The minimum absolute atomic E-state index is 0.0284. The van der Waals surface area contributed by atoms with Crippen molar-refractivity contribution in [1.29, 1.82) is 0 Å². The van der Waals surface area contributed by atoms with Crippen LogP contribution < -0.4 is 9.47 Å². The minimum atomic E-state index is -0.819. The number of aliphatic hydroxyl groups excluding tert-OH is 2. The summed E-state index contributed by atoms with van der Waals surface area (Å²) in [5, 5.41) is 21.4. The zero-order valence-corrected chi connectivity index (χ0v) is 27.4. The second-order valence-electron chi connectivity index (χ2n) is 11.1. The topological polar surface area (TPSA) is 77.4 Å². The highest BCUT2D eigenvalue weighted by molar-refractivity contribution is 6.32. The lowest BCUT2D eigenvalue weighted by atomic mass is 9.60. The number of allylic oxidation sites excluding steroid dienone is 2. The summed E-state index contributed by atoms with van der Waals surface area (Å²) in [6.07, 6.45) is 5.71. The first-order valence-electron chi connectivity index (χ1n) is 15.2. The van der Waals surface area contributed by atoms with Crippen molar-refractivity contribution >= 4 is 23.2 Å². The second kappa shape index (κ2) is 15.6. The summed E-state index contributed by atoms with van der Waals surface area (Å²) in [5.41, 5.74) is 5.73. The molecule has 5 rings (SSSR count). The first-order valence-corrected chi connectivity index (χ1v) is 16.0. The van der Waals surface area contributed by atoms with Crippen molar-refractivity contribution in [2.45, 2.75) is 37.9 Å². The van der Waals surface area contributed by atoms with Crippen LogP contribution in [0.1, 0.15) is 47.2 Å². The first kappa shape index (κ1) is 33.4. The number of fused-ring (bicyclic) bond motifs is 2. The Balaban J connectivity index is 1.56. The molecule has 8 heteroatoms. The zero-order valence-electron chi connectivity index (χ0n) is 25.9. The number of benzene rings is 4. The molecule has 1 aliphatic carbocycles. The van der Waals surface area contributed by atoms with Crippen LogP contribution in [0.2, 0.25) is 10.0 Å². The minimum Gasteiger partial charge on any atom is -0.499 e. The summed E-state index contributed by atoms with van der Waals surface area (Å²) in [5.74, 6) is 0.920. The Morgan fingerprint density at radius 3 is 1.50 bits per heavy atom. The Morgan fingerprint density at radius 1 is 0.652 bits per heavy atom. The quantitative estimate of drug-likeness (QED) is 0.118. The van der Waals surface area contributed by atoms with E-state index in [9.17, 15) is 10.2 Å². The second-order valence-corrected chi connectivity index (χ2v) is 11.9. The van der Waals surface area contributed by atoms with Gasteiger partial charge in [0, 0.05) is 0 Å². The van der Waals surface area contributed by atoms with E-state index in [1.165, 1.54) is 23.7 Å². The third-order valence-electron chi connectivity index (χ3n) is 7.86. The van der Waals surface area contributed by atoms with Gasteiger partial charge in [0.15, 0.2) is 0 Å². The van der Waals surface area contributed by atoms with Crippen molar-refractivity contribution < 1.29 is 29.2 Å². The van der Waals surface area contributed by atoms with E-state index in [1.54, 1.807) is 12.2 Å². The van der Waals surface area contributed by atoms with Gasteiger partial charge in [-0.2, -0.15) is 0 Å². The molecule has 0 amide bonds. The van der Waals surface area contributed by atoms with Gasteiger partial charge in [0.2, 0.25) is 0 Å². The monoisotopic (exact) mass is 660 g/mol. The van der Waals surface area contributed by atoms with Crippen LogP contribution in [0.3, 0.4) is 0 Å². The fourth-order valence-corrected chi connectivity index (χ4v) is 6.39. The van der Waals surface area contributed by atoms with Crippen LogP contribution in [-0.4, -0.2) is 48.8 Å². The molecular formula is C38H38Cl2O6. The van der Waals surface area contributed by atoms with Crippen molar-refractivity contribution in [3.8, 4) is 11.5 Å². The molecule has 2 N–H and O–H groups in total. The molecule has 46 heavy (non-hydrogen) atoms. The summed E-state index contributed by atoms with van der Waals surface area (Å²) < 4.78 is 22.4. The molecule has 0 radical (unpaired) electrons. The van der Waals surface area contributed by atoms with Crippen LogP contribution in [0, 0.1) is 0 Å². The van der Waals surface area contributed by atoms with Crippen LogP contribution >= 0.6 is 23.2 Å². The molecule has 0 aliphatic heterocycles. The van der Waals surface area contributed by atoms with Crippen LogP contribution in [0.5, 0.6) is 11.5 Å². The third-order valence-corrected chi connectivity index (χ3v) is 8.45. The largest absolute Gasteiger partial charge is 0.499 e. The summed E-state index contributed by atoms with van der Waals surface area (Å²) in [6, 6.07) is 28.4. The van der Waals surface area contributed by atoms with Crippen molar-refractivity contribution in [2.24, 2.45) is 0 Å². The van der Waals surface area contributed by atoms with E-state index in [4.69, 9.17) is 42.1 Å². The molecule has 2 unspecified atom stereocenters. The van der Waals surface area contributed by atoms with Gasteiger partial charge in [-0.25, -0.2) is 0 Å². The van der Waals surface area contributed by atoms with Crippen molar-refractivity contribution in [3.63, 3.8) is 0 Å². The average Bonchev–Trinajstić information content (AvgIpc) is 3.06. The third kappa shape index (κ3) is 7.21. The smallest absolute Gasteiger partial charge is 0.138 e. The summed E-state index contributed by atoms with van der Waals surface area (Å²) in [4.78, 5) is 0. The molecule has 0 heterocycles. The molecule has 0 saturated heterocycles. The number of hydrogen-bond donors (Lipinski definition) is 2. The van der Waals surface area contributed by atoms with Crippen LogP contribution in [0.25, 0.3) is 0 Å². The van der Waals surface area contributed by atoms with Crippen LogP contribution in [0.15, 0.2) is 110 Å². The predicted molar refractivity (Wildman–Crippen MR) is 182 cm³/mol. The molecule has 4 aromatic carbocycles. The molecule has 0 fully saturated rings. The number of halogens is 2. The van der Waals surface area contributed by atoms with Gasteiger partial charge < -0.3 is 29.2 Å². The highest BCUT2D eigenvalue weighted by Crippen LogP contribution is 2.52. The predicted octanol–water partition coefficient (Wildman–Crippen LogP) is 7.86. The number of aliphatic hydroxyl groups is 2. The Labute approximate surface area is 280 Å². The Kier molecular flexibility index (Phi) is 11.3. The maximum atomic E-state index is 10.3. The van der Waals surface area contributed by atoms with Gasteiger partial charge in [0.05, 0.1) is 28.0 Å². The van der Waals surface area contributed by atoms with E-state index in [2.05, 4.69) is 36.4 Å². The van der Waals surface area contributed by atoms with E-state index < -0.39 is 17.6 Å². The summed E-state index contributed by atoms with van der Waals surface area (Å²) in [6.45, 7) is 3.96. The number of hydrogen-bond acceptors (Lipinski definition) is 6. The van der Waals surface area contributed by atoms with Crippen LogP contribution in [-0.2, 0) is 21.3 Å². The van der Waals surface area contributed by atoms with E-state index in [1.807, 2.05) is 62.4 Å². The van der Waals surface area contributed by atoms with E-state index in [0.29, 0.717) is 21.5 Å². The summed E-state index contributed by atoms with van der Waals surface area (Å²) >= 11 is 13.8. The van der Waals surface area contributed by atoms with E-state index in [-0.39, 0.29) is 26.4 Å². The SMILES string of the molecule is CC=COCC(O)COc1ccc(C2(c3ccc(OCC(O)COC=CC)c(Cl)c3)c3ccccc3Cc3ccccc32)cc1Cl.